The molecule has 3 nitrogen and oxygen atoms in total. The van der Waals surface area contributed by atoms with Crippen molar-refractivity contribution in [2.75, 3.05) is 13.2 Å². The lowest BCUT2D eigenvalue weighted by Gasteiger charge is -2.23. The summed E-state index contributed by atoms with van der Waals surface area (Å²) in [5, 5.41) is 2.75. The van der Waals surface area contributed by atoms with E-state index in [9.17, 15) is 4.79 Å². The quantitative estimate of drug-likeness (QED) is 0.554. The van der Waals surface area contributed by atoms with Crippen molar-refractivity contribution in [2.45, 2.75) is 45.4 Å². The molecular formula is C18H27NO2. The molecule has 0 aliphatic heterocycles. The van der Waals surface area contributed by atoms with Gasteiger partial charge in [0.05, 0.1) is 6.61 Å². The summed E-state index contributed by atoms with van der Waals surface area (Å²) in [4.78, 5) is 10.9. The molecule has 1 rings (SSSR count). The van der Waals surface area contributed by atoms with Gasteiger partial charge in [-0.1, -0.05) is 39.5 Å². The van der Waals surface area contributed by atoms with Gasteiger partial charge in [-0.2, -0.15) is 0 Å². The fraction of sp³-hybridized carbons (Fsp3) is 0.500. The van der Waals surface area contributed by atoms with Gasteiger partial charge in [0.25, 0.3) is 0 Å². The molecule has 0 aliphatic rings. The fourth-order valence-electron chi connectivity index (χ4n) is 1.91. The van der Waals surface area contributed by atoms with Gasteiger partial charge in [0.15, 0.2) is 0 Å². The molecule has 0 spiro atoms. The molecule has 1 N–H and O–H groups in total. The molecule has 0 aromatic heterocycles. The topological polar surface area (TPSA) is 38.3 Å². The van der Waals surface area contributed by atoms with E-state index in [0.29, 0.717) is 13.2 Å². The smallest absolute Gasteiger partial charge is 0.243 e. The van der Waals surface area contributed by atoms with Crippen molar-refractivity contribution in [3.05, 3.63) is 42.5 Å². The number of carbonyl (C=O) groups excluding carboxylic acids is 1. The SMILES string of the molecule is C=CC(=O)NCCCCOc1ccc(C(C)(C)CC)cc1. The Hall–Kier alpha value is -1.77. The maximum absolute atomic E-state index is 10.9. The van der Waals surface area contributed by atoms with Crippen molar-refractivity contribution >= 4 is 5.91 Å². The predicted molar refractivity (Wildman–Crippen MR) is 87.7 cm³/mol. The summed E-state index contributed by atoms with van der Waals surface area (Å²) in [6.45, 7) is 11.4. The van der Waals surface area contributed by atoms with E-state index in [2.05, 4.69) is 44.8 Å². The van der Waals surface area contributed by atoms with Crippen LogP contribution in [-0.2, 0) is 10.2 Å². The van der Waals surface area contributed by atoms with Crippen LogP contribution >= 0.6 is 0 Å². The largest absolute Gasteiger partial charge is 0.494 e. The average molecular weight is 289 g/mol. The number of benzene rings is 1. The molecule has 0 aliphatic carbocycles. The maximum Gasteiger partial charge on any atom is 0.243 e. The summed E-state index contributed by atoms with van der Waals surface area (Å²) in [6.07, 6.45) is 4.22. The van der Waals surface area contributed by atoms with Crippen LogP contribution in [0, 0.1) is 0 Å². The zero-order valence-electron chi connectivity index (χ0n) is 13.4. The standard InChI is InChI=1S/C18H27NO2/c1-5-17(20)19-13-7-8-14-21-16-11-9-15(10-12-16)18(3,4)6-2/h5,9-12H,1,6-8,13-14H2,2-4H3,(H,19,20). The van der Waals surface area contributed by atoms with Gasteiger partial charge in [0.1, 0.15) is 5.75 Å². The molecule has 0 bridgehead atoms. The van der Waals surface area contributed by atoms with Crippen LogP contribution in [0.15, 0.2) is 36.9 Å². The predicted octanol–water partition coefficient (Wildman–Crippen LogP) is 3.84. The fourth-order valence-corrected chi connectivity index (χ4v) is 1.91. The minimum Gasteiger partial charge on any atom is -0.494 e. The first-order chi connectivity index (χ1) is 9.99. The molecule has 0 saturated carbocycles. The van der Waals surface area contributed by atoms with E-state index in [1.54, 1.807) is 0 Å². The third-order valence-electron chi connectivity index (χ3n) is 3.84. The lowest BCUT2D eigenvalue weighted by Crippen LogP contribution is -2.22. The summed E-state index contributed by atoms with van der Waals surface area (Å²) in [5.41, 5.74) is 1.55. The number of hydrogen-bond acceptors (Lipinski definition) is 2. The van der Waals surface area contributed by atoms with Crippen LogP contribution in [0.4, 0.5) is 0 Å². The summed E-state index contributed by atoms with van der Waals surface area (Å²) in [7, 11) is 0. The first-order valence-corrected chi connectivity index (χ1v) is 7.63. The molecule has 21 heavy (non-hydrogen) atoms. The first kappa shape index (κ1) is 17.3. The minimum atomic E-state index is -0.120. The van der Waals surface area contributed by atoms with Crippen LogP contribution in [0.2, 0.25) is 0 Å². The zero-order chi connectivity index (χ0) is 15.7. The number of amides is 1. The molecule has 0 atom stereocenters. The molecule has 1 aromatic carbocycles. The average Bonchev–Trinajstić information content (AvgIpc) is 2.50. The van der Waals surface area contributed by atoms with E-state index < -0.39 is 0 Å². The molecule has 116 valence electrons. The Balaban J connectivity index is 2.27. The highest BCUT2D eigenvalue weighted by molar-refractivity contribution is 5.86. The Kier molecular flexibility index (Phi) is 7.00. The second kappa shape index (κ2) is 8.50. The van der Waals surface area contributed by atoms with Gasteiger partial charge in [-0.15, -0.1) is 0 Å². The maximum atomic E-state index is 10.9. The van der Waals surface area contributed by atoms with E-state index in [0.717, 1.165) is 25.0 Å². The van der Waals surface area contributed by atoms with Gasteiger partial charge < -0.3 is 10.1 Å². The van der Waals surface area contributed by atoms with Gasteiger partial charge in [-0.3, -0.25) is 4.79 Å². The highest BCUT2D eigenvalue weighted by Gasteiger charge is 2.17. The molecule has 0 saturated heterocycles. The van der Waals surface area contributed by atoms with Crippen molar-refractivity contribution in [3.8, 4) is 5.75 Å². The summed E-state index contributed by atoms with van der Waals surface area (Å²) in [6, 6.07) is 8.35. The Morgan fingerprint density at radius 3 is 2.52 bits per heavy atom. The Morgan fingerprint density at radius 1 is 1.29 bits per heavy atom. The lowest BCUT2D eigenvalue weighted by molar-refractivity contribution is -0.116. The van der Waals surface area contributed by atoms with Gasteiger partial charge in [0, 0.05) is 6.54 Å². The van der Waals surface area contributed by atoms with Crippen molar-refractivity contribution in [3.63, 3.8) is 0 Å². The third-order valence-corrected chi connectivity index (χ3v) is 3.84. The van der Waals surface area contributed by atoms with Crippen molar-refractivity contribution < 1.29 is 9.53 Å². The first-order valence-electron chi connectivity index (χ1n) is 7.63. The van der Waals surface area contributed by atoms with E-state index in [1.165, 1.54) is 11.6 Å². The Labute approximate surface area is 128 Å². The Morgan fingerprint density at radius 2 is 1.95 bits per heavy atom. The number of nitrogens with one attached hydrogen (secondary N) is 1. The number of rotatable bonds is 9. The molecular weight excluding hydrogens is 262 g/mol. The van der Waals surface area contributed by atoms with Gasteiger partial charge >= 0.3 is 0 Å². The van der Waals surface area contributed by atoms with E-state index >= 15 is 0 Å². The number of carbonyl (C=O) groups is 1. The molecule has 0 unspecified atom stereocenters. The lowest BCUT2D eigenvalue weighted by atomic mass is 9.82. The Bertz CT molecular complexity index is 449. The van der Waals surface area contributed by atoms with Crippen LogP contribution < -0.4 is 10.1 Å². The van der Waals surface area contributed by atoms with Crippen molar-refractivity contribution in [1.29, 1.82) is 0 Å². The summed E-state index contributed by atoms with van der Waals surface area (Å²) >= 11 is 0. The molecule has 3 heteroatoms. The molecule has 0 radical (unpaired) electrons. The normalized spacial score (nSPS) is 11.0. The van der Waals surface area contributed by atoms with E-state index in [-0.39, 0.29) is 11.3 Å². The van der Waals surface area contributed by atoms with Crippen LogP contribution in [0.3, 0.4) is 0 Å². The van der Waals surface area contributed by atoms with Crippen LogP contribution in [0.5, 0.6) is 5.75 Å². The highest BCUT2D eigenvalue weighted by Crippen LogP contribution is 2.28. The van der Waals surface area contributed by atoms with Gasteiger partial charge in [-0.05, 0) is 48.4 Å². The zero-order valence-corrected chi connectivity index (χ0v) is 13.4. The molecule has 0 fully saturated rings. The van der Waals surface area contributed by atoms with Crippen LogP contribution in [0.25, 0.3) is 0 Å². The second-order valence-corrected chi connectivity index (χ2v) is 5.81. The van der Waals surface area contributed by atoms with Crippen molar-refractivity contribution in [1.82, 2.24) is 5.32 Å². The number of hydrogen-bond donors (Lipinski definition) is 1. The third kappa shape index (κ3) is 6.03. The minimum absolute atomic E-state index is 0.120. The number of unbranched alkanes of at least 4 members (excludes halogenated alkanes) is 1. The van der Waals surface area contributed by atoms with E-state index in [4.69, 9.17) is 4.74 Å². The van der Waals surface area contributed by atoms with E-state index in [1.807, 2.05) is 12.1 Å². The number of ether oxygens (including phenoxy) is 1. The highest BCUT2D eigenvalue weighted by atomic mass is 16.5. The van der Waals surface area contributed by atoms with Crippen LogP contribution in [-0.4, -0.2) is 19.1 Å². The van der Waals surface area contributed by atoms with Crippen molar-refractivity contribution in [2.24, 2.45) is 0 Å². The summed E-state index contributed by atoms with van der Waals surface area (Å²) in [5.74, 6) is 0.783. The second-order valence-electron chi connectivity index (χ2n) is 5.81. The van der Waals surface area contributed by atoms with Crippen LogP contribution in [0.1, 0.15) is 45.6 Å². The monoisotopic (exact) mass is 289 g/mol. The van der Waals surface area contributed by atoms with Gasteiger partial charge in [-0.25, -0.2) is 0 Å². The molecule has 1 amide bonds. The molecule has 1 aromatic rings. The van der Waals surface area contributed by atoms with Gasteiger partial charge in [0.2, 0.25) is 5.91 Å². The summed E-state index contributed by atoms with van der Waals surface area (Å²) < 4.78 is 5.71. The molecule has 0 heterocycles.